The van der Waals surface area contributed by atoms with Gasteiger partial charge in [0, 0.05) is 5.69 Å². The van der Waals surface area contributed by atoms with Crippen LogP contribution < -0.4 is 4.74 Å². The lowest BCUT2D eigenvalue weighted by atomic mass is 10.2. The summed E-state index contributed by atoms with van der Waals surface area (Å²) in [5.74, 6) is -0.289. The van der Waals surface area contributed by atoms with Crippen LogP contribution >= 0.6 is 0 Å². The van der Waals surface area contributed by atoms with Gasteiger partial charge in [0.05, 0.1) is 17.8 Å². The second-order valence-corrected chi connectivity index (χ2v) is 5.07. The number of aryl methyl sites for hydroxylation is 2. The van der Waals surface area contributed by atoms with Crippen molar-refractivity contribution < 1.29 is 23.0 Å². The van der Waals surface area contributed by atoms with Crippen LogP contribution in [0.4, 0.5) is 13.2 Å². The molecule has 120 valence electrons. The van der Waals surface area contributed by atoms with Crippen molar-refractivity contribution in [1.29, 1.82) is 0 Å². The molecule has 2 rings (SSSR count). The van der Waals surface area contributed by atoms with Crippen LogP contribution in [0.15, 0.2) is 30.3 Å². The molecule has 0 spiro atoms. The van der Waals surface area contributed by atoms with Crippen molar-refractivity contribution in [3.05, 3.63) is 47.3 Å². The Morgan fingerprint density at radius 1 is 1.27 bits per heavy atom. The topological polar surface area (TPSA) is 47.3 Å². The molecule has 2 aromatic rings. The van der Waals surface area contributed by atoms with E-state index in [0.717, 1.165) is 17.5 Å². The van der Waals surface area contributed by atoms with E-state index >= 15 is 0 Å². The summed E-state index contributed by atoms with van der Waals surface area (Å²) in [5, 5.41) is 14.1. The summed E-state index contributed by atoms with van der Waals surface area (Å²) < 4.78 is 45.2. The van der Waals surface area contributed by atoms with Crippen molar-refractivity contribution in [2.24, 2.45) is 0 Å². The molecule has 0 radical (unpaired) electrons. The summed E-state index contributed by atoms with van der Waals surface area (Å²) in [6.07, 6.45) is -5.45. The maximum absolute atomic E-state index is 12.8. The van der Waals surface area contributed by atoms with E-state index in [4.69, 9.17) is 4.74 Å². The second kappa shape index (κ2) is 6.39. The third kappa shape index (κ3) is 4.00. The molecule has 1 N–H and O–H groups in total. The Bertz CT molecular complexity index is 638. The molecule has 0 fully saturated rings. The number of rotatable bonds is 5. The molecule has 22 heavy (non-hydrogen) atoms. The SMILES string of the molecule is Cc1cc(C)n(CC(O)COc2ccccc2C(F)(F)F)n1. The van der Waals surface area contributed by atoms with Gasteiger partial charge in [-0.25, -0.2) is 0 Å². The van der Waals surface area contributed by atoms with Gasteiger partial charge in [0.1, 0.15) is 18.5 Å². The van der Waals surface area contributed by atoms with Gasteiger partial charge >= 0.3 is 6.18 Å². The van der Waals surface area contributed by atoms with Crippen LogP contribution in [0.25, 0.3) is 0 Å². The highest BCUT2D eigenvalue weighted by Crippen LogP contribution is 2.35. The van der Waals surface area contributed by atoms with E-state index < -0.39 is 17.8 Å². The Balaban J connectivity index is 2.00. The van der Waals surface area contributed by atoms with E-state index in [1.54, 1.807) is 4.68 Å². The van der Waals surface area contributed by atoms with Crippen molar-refractivity contribution in [2.75, 3.05) is 6.61 Å². The van der Waals surface area contributed by atoms with E-state index in [-0.39, 0.29) is 18.9 Å². The van der Waals surface area contributed by atoms with Gasteiger partial charge in [0.2, 0.25) is 0 Å². The van der Waals surface area contributed by atoms with E-state index in [1.165, 1.54) is 18.2 Å². The molecular formula is C15H17F3N2O2. The van der Waals surface area contributed by atoms with Crippen LogP contribution in [-0.2, 0) is 12.7 Å². The Hall–Kier alpha value is -2.02. The first kappa shape index (κ1) is 16.4. The maximum Gasteiger partial charge on any atom is 0.419 e. The number of halogens is 3. The van der Waals surface area contributed by atoms with Gasteiger partial charge in [0.25, 0.3) is 0 Å². The van der Waals surface area contributed by atoms with Gasteiger partial charge in [-0.2, -0.15) is 18.3 Å². The lowest BCUT2D eigenvalue weighted by molar-refractivity contribution is -0.139. The second-order valence-electron chi connectivity index (χ2n) is 5.07. The fraction of sp³-hybridized carbons (Fsp3) is 0.400. The number of ether oxygens (including phenoxy) is 1. The molecule has 0 aliphatic carbocycles. The lowest BCUT2D eigenvalue weighted by Crippen LogP contribution is -2.25. The number of benzene rings is 1. The number of para-hydroxylation sites is 1. The maximum atomic E-state index is 12.8. The van der Waals surface area contributed by atoms with Gasteiger partial charge in [-0.05, 0) is 32.0 Å². The fourth-order valence-corrected chi connectivity index (χ4v) is 2.12. The Labute approximate surface area is 126 Å². The molecule has 7 heteroatoms. The fourth-order valence-electron chi connectivity index (χ4n) is 2.12. The summed E-state index contributed by atoms with van der Waals surface area (Å²) in [4.78, 5) is 0. The van der Waals surface area contributed by atoms with Crippen molar-refractivity contribution in [2.45, 2.75) is 32.7 Å². The monoisotopic (exact) mass is 314 g/mol. The molecule has 1 aromatic carbocycles. The zero-order valence-electron chi connectivity index (χ0n) is 12.3. The zero-order valence-corrected chi connectivity index (χ0v) is 12.3. The number of hydrogen-bond donors (Lipinski definition) is 1. The molecule has 0 aliphatic rings. The van der Waals surface area contributed by atoms with Crippen LogP contribution in [0.3, 0.4) is 0 Å². The number of alkyl halides is 3. The highest BCUT2D eigenvalue weighted by Gasteiger charge is 2.34. The van der Waals surface area contributed by atoms with Gasteiger partial charge < -0.3 is 9.84 Å². The minimum Gasteiger partial charge on any atom is -0.490 e. The predicted molar refractivity (Wildman–Crippen MR) is 74.6 cm³/mol. The predicted octanol–water partition coefficient (Wildman–Crippen LogP) is 2.96. The minimum atomic E-state index is -4.49. The first-order valence-electron chi connectivity index (χ1n) is 6.75. The van der Waals surface area contributed by atoms with E-state index in [0.29, 0.717) is 0 Å². The highest BCUT2D eigenvalue weighted by atomic mass is 19.4. The molecule has 0 aliphatic heterocycles. The summed E-state index contributed by atoms with van der Waals surface area (Å²) in [5.41, 5.74) is 0.827. The summed E-state index contributed by atoms with van der Waals surface area (Å²) >= 11 is 0. The van der Waals surface area contributed by atoms with E-state index in [2.05, 4.69) is 5.10 Å². The van der Waals surface area contributed by atoms with Crippen molar-refractivity contribution in [3.8, 4) is 5.75 Å². The summed E-state index contributed by atoms with van der Waals surface area (Å²) in [7, 11) is 0. The first-order valence-corrected chi connectivity index (χ1v) is 6.75. The third-order valence-corrected chi connectivity index (χ3v) is 3.11. The number of hydrogen-bond acceptors (Lipinski definition) is 3. The molecule has 4 nitrogen and oxygen atoms in total. The number of nitrogens with zero attached hydrogens (tertiary/aromatic N) is 2. The normalized spacial score (nSPS) is 13.2. The van der Waals surface area contributed by atoms with Crippen LogP contribution in [0.5, 0.6) is 5.75 Å². The van der Waals surface area contributed by atoms with Crippen LogP contribution in [0, 0.1) is 13.8 Å². The molecule has 0 saturated carbocycles. The van der Waals surface area contributed by atoms with Crippen molar-refractivity contribution >= 4 is 0 Å². The average molecular weight is 314 g/mol. The van der Waals surface area contributed by atoms with Crippen molar-refractivity contribution in [1.82, 2.24) is 9.78 Å². The van der Waals surface area contributed by atoms with E-state index in [9.17, 15) is 18.3 Å². The molecule has 0 saturated heterocycles. The standard InChI is InChI=1S/C15H17F3N2O2/c1-10-7-11(2)20(19-10)8-12(21)9-22-14-6-4-3-5-13(14)15(16,17)18/h3-7,12,21H,8-9H2,1-2H3. The number of aromatic nitrogens is 2. The average Bonchev–Trinajstić information content (AvgIpc) is 2.74. The van der Waals surface area contributed by atoms with Crippen LogP contribution in [0.1, 0.15) is 17.0 Å². The largest absolute Gasteiger partial charge is 0.490 e. The summed E-state index contributed by atoms with van der Waals surface area (Å²) in [6.45, 7) is 3.58. The van der Waals surface area contributed by atoms with Gasteiger partial charge in [-0.15, -0.1) is 0 Å². The first-order chi connectivity index (χ1) is 10.3. The molecule has 1 aromatic heterocycles. The lowest BCUT2D eigenvalue weighted by Gasteiger charge is -2.16. The highest BCUT2D eigenvalue weighted by molar-refractivity contribution is 5.35. The number of aliphatic hydroxyl groups is 1. The van der Waals surface area contributed by atoms with E-state index in [1.807, 2.05) is 19.9 Å². The quantitative estimate of drug-likeness (QED) is 0.923. The molecule has 1 atom stereocenters. The van der Waals surface area contributed by atoms with Gasteiger partial charge in [-0.1, -0.05) is 12.1 Å². The molecule has 1 heterocycles. The number of aliphatic hydroxyl groups excluding tert-OH is 1. The minimum absolute atomic E-state index is 0.161. The van der Waals surface area contributed by atoms with Crippen molar-refractivity contribution in [3.63, 3.8) is 0 Å². The zero-order chi connectivity index (χ0) is 16.3. The Morgan fingerprint density at radius 2 is 1.95 bits per heavy atom. The van der Waals surface area contributed by atoms with Gasteiger partial charge in [-0.3, -0.25) is 4.68 Å². The summed E-state index contributed by atoms with van der Waals surface area (Å²) in [6, 6.07) is 6.79. The Morgan fingerprint density at radius 3 is 2.55 bits per heavy atom. The molecular weight excluding hydrogens is 297 g/mol. The smallest absolute Gasteiger partial charge is 0.419 e. The van der Waals surface area contributed by atoms with Gasteiger partial charge in [0.15, 0.2) is 0 Å². The van der Waals surface area contributed by atoms with Crippen LogP contribution in [-0.4, -0.2) is 27.6 Å². The molecule has 1 unspecified atom stereocenters. The molecule has 0 bridgehead atoms. The Kier molecular flexibility index (Phi) is 4.75. The third-order valence-electron chi connectivity index (χ3n) is 3.11. The molecule has 0 amide bonds. The van der Waals surface area contributed by atoms with Crippen LogP contribution in [0.2, 0.25) is 0 Å².